The molecule has 0 saturated heterocycles. The molecule has 52 heavy (non-hydrogen) atoms. The lowest BCUT2D eigenvalue weighted by molar-refractivity contribution is 0.520. The van der Waals surface area contributed by atoms with E-state index in [4.69, 9.17) is 10.5 Å². The number of anilines is 1. The van der Waals surface area contributed by atoms with Crippen molar-refractivity contribution in [1.82, 2.24) is 0 Å². The minimum Gasteiger partial charge on any atom is -0.455 e. The van der Waals surface area contributed by atoms with Crippen LogP contribution in [-0.4, -0.2) is 0 Å². The molecule has 0 aromatic heterocycles. The lowest BCUT2D eigenvalue weighted by atomic mass is 9.94. The summed E-state index contributed by atoms with van der Waals surface area (Å²) in [6.45, 7) is 4.45. The van der Waals surface area contributed by atoms with Crippen LogP contribution in [0.25, 0.3) is 72.5 Å². The number of nitrogens with two attached hydrogens (primary N) is 1. The Labute approximate surface area is 305 Å². The quantitative estimate of drug-likeness (QED) is 0.123. The smallest absolute Gasteiger partial charge is 0.151 e. The Morgan fingerprint density at radius 2 is 0.673 bits per heavy atom. The third-order valence-corrected chi connectivity index (χ3v) is 9.47. The fraction of sp³-hybridized carbons (Fsp3) is 0. The third kappa shape index (κ3) is 6.92. The van der Waals surface area contributed by atoms with Crippen molar-refractivity contribution >= 4 is 11.4 Å². The van der Waals surface area contributed by atoms with Gasteiger partial charge in [-0.3, -0.25) is 0 Å². The van der Waals surface area contributed by atoms with Gasteiger partial charge in [-0.2, -0.15) is 0 Å². The average Bonchev–Trinajstić information content (AvgIpc) is 3.23. The zero-order valence-corrected chi connectivity index (χ0v) is 28.7. The van der Waals surface area contributed by atoms with E-state index in [9.17, 15) is 0 Å². The molecule has 0 aliphatic rings. The normalized spacial score (nSPS) is 10.8. The van der Waals surface area contributed by atoms with Crippen LogP contribution in [0.15, 0.2) is 207 Å². The van der Waals surface area contributed by atoms with Gasteiger partial charge in [0.15, 0.2) is 5.75 Å². The second kappa shape index (κ2) is 14.5. The van der Waals surface area contributed by atoms with Gasteiger partial charge in [-0.1, -0.05) is 176 Å². The number of nitrogen functional groups attached to an aromatic ring is 1. The largest absolute Gasteiger partial charge is 0.455 e. The number of hydrogen-bond donors (Lipinski definition) is 1. The van der Waals surface area contributed by atoms with Gasteiger partial charge >= 0.3 is 0 Å². The van der Waals surface area contributed by atoms with Crippen molar-refractivity contribution < 1.29 is 4.74 Å². The molecule has 0 amide bonds. The summed E-state index contributed by atoms with van der Waals surface area (Å²) in [5.41, 5.74) is 21.5. The van der Waals surface area contributed by atoms with Crippen molar-refractivity contribution in [2.75, 3.05) is 5.73 Å². The maximum absolute atomic E-state index is 7.01. The van der Waals surface area contributed by atoms with Crippen LogP contribution >= 0.6 is 0 Å². The van der Waals surface area contributed by atoms with E-state index in [-0.39, 0.29) is 0 Å². The molecule has 0 fully saturated rings. The van der Waals surface area contributed by atoms with Crippen LogP contribution in [0.2, 0.25) is 0 Å². The molecule has 2 heteroatoms. The molecule has 248 valence electrons. The highest BCUT2D eigenvalue weighted by Gasteiger charge is 2.16. The van der Waals surface area contributed by atoms with E-state index >= 15 is 0 Å². The van der Waals surface area contributed by atoms with Gasteiger partial charge < -0.3 is 10.5 Å². The number of ether oxygens (including phenoxy) is 1. The third-order valence-electron chi connectivity index (χ3n) is 9.47. The van der Waals surface area contributed by atoms with E-state index in [1.54, 1.807) is 0 Å². The Morgan fingerprint density at radius 3 is 1.10 bits per heavy atom. The predicted octanol–water partition coefficient (Wildman–Crippen LogP) is 13.3. The molecule has 0 unspecified atom stereocenters. The Morgan fingerprint density at radius 1 is 0.346 bits per heavy atom. The molecule has 8 aromatic rings. The fourth-order valence-electron chi connectivity index (χ4n) is 6.65. The second-order valence-corrected chi connectivity index (χ2v) is 12.9. The minimum absolute atomic E-state index is 0.517. The Hall–Kier alpha value is -6.90. The number of rotatable bonds is 9. The minimum atomic E-state index is 0.517. The van der Waals surface area contributed by atoms with Crippen molar-refractivity contribution in [2.24, 2.45) is 0 Å². The zero-order valence-electron chi connectivity index (χ0n) is 28.7. The molecule has 2 N–H and O–H groups in total. The summed E-state index contributed by atoms with van der Waals surface area (Å²) in [4.78, 5) is 0. The van der Waals surface area contributed by atoms with Crippen molar-refractivity contribution in [2.45, 2.75) is 0 Å². The lowest BCUT2D eigenvalue weighted by Gasteiger charge is -2.18. The summed E-state index contributed by atoms with van der Waals surface area (Å²) in [6.07, 6.45) is 0. The Kier molecular flexibility index (Phi) is 9.03. The zero-order chi connectivity index (χ0) is 35.3. The molecule has 0 bridgehead atoms. The number of hydrogen-bond acceptors (Lipinski definition) is 2. The molecule has 2 nitrogen and oxygen atoms in total. The average molecular weight is 668 g/mol. The molecule has 8 rings (SSSR count). The molecular formula is C50H37NO. The highest BCUT2D eigenvalue weighted by molar-refractivity contribution is 5.88. The Balaban J connectivity index is 1.20. The topological polar surface area (TPSA) is 35.2 Å². The van der Waals surface area contributed by atoms with E-state index in [0.717, 1.165) is 61.2 Å². The summed E-state index contributed by atoms with van der Waals surface area (Å²) in [7, 11) is 0. The van der Waals surface area contributed by atoms with E-state index in [0.29, 0.717) is 17.2 Å². The lowest BCUT2D eigenvalue weighted by Crippen LogP contribution is -2.01. The van der Waals surface area contributed by atoms with E-state index in [1.807, 2.05) is 30.3 Å². The van der Waals surface area contributed by atoms with E-state index in [2.05, 4.69) is 176 Å². The van der Waals surface area contributed by atoms with Gasteiger partial charge in [-0.05, 0) is 91.5 Å². The Bertz CT molecular complexity index is 2400. The molecule has 0 heterocycles. The second-order valence-electron chi connectivity index (χ2n) is 12.9. The van der Waals surface area contributed by atoms with Crippen molar-refractivity contribution in [3.8, 4) is 72.5 Å². The molecule has 0 aliphatic carbocycles. The first-order valence-electron chi connectivity index (χ1n) is 17.5. The maximum Gasteiger partial charge on any atom is 0.151 e. The first kappa shape index (κ1) is 32.3. The van der Waals surface area contributed by atoms with Crippen molar-refractivity contribution in [1.29, 1.82) is 0 Å². The summed E-state index contributed by atoms with van der Waals surface area (Å²) >= 11 is 0. The molecule has 0 spiro atoms. The van der Waals surface area contributed by atoms with Crippen molar-refractivity contribution in [3.05, 3.63) is 212 Å². The van der Waals surface area contributed by atoms with Gasteiger partial charge in [0.2, 0.25) is 0 Å². The number of benzene rings is 8. The van der Waals surface area contributed by atoms with Crippen molar-refractivity contribution in [3.63, 3.8) is 0 Å². The highest BCUT2D eigenvalue weighted by atomic mass is 16.5. The molecule has 0 aliphatic heterocycles. The van der Waals surface area contributed by atoms with Gasteiger partial charge in [-0.15, -0.1) is 0 Å². The van der Waals surface area contributed by atoms with Crippen LogP contribution in [-0.2, 0) is 0 Å². The first-order chi connectivity index (χ1) is 25.6. The highest BCUT2D eigenvalue weighted by Crippen LogP contribution is 2.41. The summed E-state index contributed by atoms with van der Waals surface area (Å²) in [5.74, 6) is 1.08. The van der Waals surface area contributed by atoms with Crippen LogP contribution in [0.3, 0.4) is 0 Å². The van der Waals surface area contributed by atoms with Gasteiger partial charge in [0.05, 0.1) is 5.69 Å². The van der Waals surface area contributed by atoms with Crippen LogP contribution in [0, 0.1) is 0 Å². The van der Waals surface area contributed by atoms with Crippen LogP contribution in [0.1, 0.15) is 5.56 Å². The van der Waals surface area contributed by atoms with Crippen LogP contribution in [0.4, 0.5) is 5.69 Å². The monoisotopic (exact) mass is 667 g/mol. The molecular weight excluding hydrogens is 631 g/mol. The molecule has 8 aromatic carbocycles. The van der Waals surface area contributed by atoms with E-state index < -0.39 is 0 Å². The molecule has 0 saturated carbocycles. The predicted molar refractivity (Wildman–Crippen MR) is 220 cm³/mol. The molecule has 0 atom stereocenters. The van der Waals surface area contributed by atoms with E-state index in [1.165, 1.54) is 11.1 Å². The summed E-state index contributed by atoms with van der Waals surface area (Å²) in [6, 6.07) is 69.4. The fourth-order valence-corrected chi connectivity index (χ4v) is 6.65. The van der Waals surface area contributed by atoms with Gasteiger partial charge in [0.25, 0.3) is 0 Å². The van der Waals surface area contributed by atoms with Crippen LogP contribution < -0.4 is 10.5 Å². The SMILES string of the molecule is C=C(Oc1cc(-c2ccc(-c3ccccc3)cc2)cc(-c2ccc(-c3ccccc3)cc2)c1N)c1cc(-c2ccccc2)cc(-c2ccccc2)c1. The van der Waals surface area contributed by atoms with Crippen LogP contribution in [0.5, 0.6) is 5.75 Å². The molecule has 0 radical (unpaired) electrons. The maximum atomic E-state index is 7.01. The van der Waals surface area contributed by atoms with Gasteiger partial charge in [-0.25, -0.2) is 0 Å². The summed E-state index contributed by atoms with van der Waals surface area (Å²) in [5, 5.41) is 0. The standard InChI is InChI=1S/C50H37NO/c1-35(44-30-45(38-18-10-4-11-19-38)32-46(31-44)39-20-12-5-13-21-39)52-49-34-47(42-24-22-40(23-25-42)36-14-6-2-7-15-36)33-48(50(49)51)43-28-26-41(27-29-43)37-16-8-3-9-17-37/h2-34H,1,51H2. The summed E-state index contributed by atoms with van der Waals surface area (Å²) < 4.78 is 6.70. The van der Waals surface area contributed by atoms with Gasteiger partial charge in [0.1, 0.15) is 5.76 Å². The van der Waals surface area contributed by atoms with Gasteiger partial charge in [0, 0.05) is 11.1 Å². The first-order valence-corrected chi connectivity index (χ1v) is 17.5.